The summed E-state index contributed by atoms with van der Waals surface area (Å²) in [7, 11) is 1.38. The number of hydrogen-bond acceptors (Lipinski definition) is 7. The smallest absolute Gasteiger partial charge is 0.435 e. The summed E-state index contributed by atoms with van der Waals surface area (Å²) in [6, 6.07) is 8.28. The van der Waals surface area contributed by atoms with Gasteiger partial charge in [-0.1, -0.05) is 0 Å². The van der Waals surface area contributed by atoms with Gasteiger partial charge < -0.3 is 13.9 Å². The van der Waals surface area contributed by atoms with E-state index in [1.807, 2.05) is 0 Å². The summed E-state index contributed by atoms with van der Waals surface area (Å²) in [5.74, 6) is -0.987. The van der Waals surface area contributed by atoms with Crippen LogP contribution in [0, 0.1) is 0 Å². The van der Waals surface area contributed by atoms with E-state index in [0.29, 0.717) is 5.56 Å². The number of methoxy groups -OCH3 is 1. The molecule has 0 aliphatic carbocycles. The normalized spacial score (nSPS) is 11.5. The minimum atomic E-state index is -4.59. The predicted octanol–water partition coefficient (Wildman–Crippen LogP) is 2.87. The number of hydrogen-bond donors (Lipinski definition) is 1. The molecule has 0 radical (unpaired) electrons. The lowest BCUT2D eigenvalue weighted by Crippen LogP contribution is -2.23. The van der Waals surface area contributed by atoms with Gasteiger partial charge in [0.2, 0.25) is 5.76 Å². The minimum Gasteiger partial charge on any atom is -0.493 e. The third-order valence-electron chi connectivity index (χ3n) is 3.75. The van der Waals surface area contributed by atoms with Crippen LogP contribution in [0.25, 0.3) is 0 Å². The van der Waals surface area contributed by atoms with E-state index >= 15 is 0 Å². The van der Waals surface area contributed by atoms with Crippen LogP contribution in [0.2, 0.25) is 0 Å². The second-order valence-corrected chi connectivity index (χ2v) is 5.97. The van der Waals surface area contributed by atoms with Crippen LogP contribution in [0.4, 0.5) is 13.2 Å². The van der Waals surface area contributed by atoms with E-state index in [-0.39, 0.29) is 17.3 Å². The number of esters is 1. The van der Waals surface area contributed by atoms with Crippen molar-refractivity contribution in [3.05, 3.63) is 65.9 Å². The lowest BCUT2D eigenvalue weighted by molar-refractivity contribution is -0.141. The van der Waals surface area contributed by atoms with Crippen molar-refractivity contribution in [1.82, 2.24) is 15.2 Å². The summed E-state index contributed by atoms with van der Waals surface area (Å²) in [4.78, 5) is 23.8. The number of nitrogens with one attached hydrogen (secondary N) is 1. The summed E-state index contributed by atoms with van der Waals surface area (Å²) in [6.45, 7) is -0.446. The van der Waals surface area contributed by atoms with Gasteiger partial charge in [0.15, 0.2) is 17.2 Å². The number of alkyl halides is 3. The van der Waals surface area contributed by atoms with Gasteiger partial charge in [0, 0.05) is 6.20 Å². The molecule has 0 saturated carbocycles. The number of benzene rings is 1. The van der Waals surface area contributed by atoms with E-state index in [2.05, 4.69) is 15.6 Å². The Morgan fingerprint density at radius 1 is 1.26 bits per heavy atom. The monoisotopic (exact) mass is 436 g/mol. The van der Waals surface area contributed by atoms with Gasteiger partial charge >= 0.3 is 12.1 Å². The van der Waals surface area contributed by atoms with Crippen molar-refractivity contribution < 1.29 is 36.7 Å². The summed E-state index contributed by atoms with van der Waals surface area (Å²) in [5.41, 5.74) is 1.58. The first-order valence-corrected chi connectivity index (χ1v) is 8.62. The van der Waals surface area contributed by atoms with E-state index in [4.69, 9.17) is 13.9 Å². The lowest BCUT2D eigenvalue weighted by Gasteiger charge is -2.09. The molecule has 0 unspecified atom stereocenters. The molecule has 31 heavy (non-hydrogen) atoms. The molecule has 0 saturated heterocycles. The lowest BCUT2D eigenvalue weighted by atomic mass is 10.2. The average Bonchev–Trinajstić information content (AvgIpc) is 3.40. The number of hydrazone groups is 1. The molecule has 3 aromatic rings. The quantitative estimate of drug-likeness (QED) is 0.264. The van der Waals surface area contributed by atoms with Gasteiger partial charge in [0.1, 0.15) is 6.54 Å². The largest absolute Gasteiger partial charge is 0.493 e. The number of furan rings is 1. The van der Waals surface area contributed by atoms with Gasteiger partial charge in [-0.05, 0) is 42.0 Å². The number of nitrogens with zero attached hydrogens (tertiary/aromatic N) is 3. The van der Waals surface area contributed by atoms with Crippen LogP contribution in [0.15, 0.2) is 58.4 Å². The fraction of sp³-hybridized carbons (Fsp3) is 0.158. The molecule has 1 aromatic carbocycles. The van der Waals surface area contributed by atoms with Crippen molar-refractivity contribution in [1.29, 1.82) is 0 Å². The molecule has 2 heterocycles. The van der Waals surface area contributed by atoms with Crippen molar-refractivity contribution in [3.63, 3.8) is 0 Å². The molecule has 12 heteroatoms. The van der Waals surface area contributed by atoms with Crippen LogP contribution in [0.3, 0.4) is 0 Å². The highest BCUT2D eigenvalue weighted by Crippen LogP contribution is 2.28. The number of rotatable bonds is 7. The van der Waals surface area contributed by atoms with Crippen molar-refractivity contribution in [2.75, 3.05) is 7.11 Å². The number of carbonyl (C=O) groups is 2. The van der Waals surface area contributed by atoms with E-state index in [1.54, 1.807) is 12.1 Å². The fourth-order valence-electron chi connectivity index (χ4n) is 2.36. The highest BCUT2D eigenvalue weighted by Gasteiger charge is 2.33. The molecule has 1 N–H and O–H groups in total. The zero-order chi connectivity index (χ0) is 22.4. The molecule has 1 amide bonds. The molecule has 0 fully saturated rings. The Morgan fingerprint density at radius 3 is 2.71 bits per heavy atom. The van der Waals surface area contributed by atoms with Gasteiger partial charge in [-0.15, -0.1) is 0 Å². The number of ether oxygens (including phenoxy) is 2. The SMILES string of the molecule is COc1cc(/C=N\NC(=O)Cn2ccc(C(F)(F)F)n2)ccc1OC(=O)c1ccco1. The Balaban J connectivity index is 1.58. The molecule has 162 valence electrons. The number of aromatic nitrogens is 2. The third kappa shape index (κ3) is 5.72. The van der Waals surface area contributed by atoms with Crippen LogP contribution in [-0.4, -0.2) is 35.0 Å². The fourth-order valence-corrected chi connectivity index (χ4v) is 2.36. The van der Waals surface area contributed by atoms with E-state index in [1.165, 1.54) is 37.8 Å². The molecule has 0 bridgehead atoms. The highest BCUT2D eigenvalue weighted by molar-refractivity contribution is 5.89. The minimum absolute atomic E-state index is 0.0231. The Kier molecular flexibility index (Phi) is 6.38. The number of halogens is 3. The van der Waals surface area contributed by atoms with E-state index in [9.17, 15) is 22.8 Å². The van der Waals surface area contributed by atoms with E-state index in [0.717, 1.165) is 16.9 Å². The van der Waals surface area contributed by atoms with Gasteiger partial charge in [0.05, 0.1) is 19.6 Å². The van der Waals surface area contributed by atoms with Gasteiger partial charge in [0.25, 0.3) is 5.91 Å². The standard InChI is InChI=1S/C19H15F3N4O5/c1-29-15-9-12(4-5-13(15)31-18(28)14-3-2-8-30-14)10-23-24-17(27)11-26-7-6-16(25-26)19(20,21)22/h2-10H,11H2,1H3,(H,24,27)/b23-10-. The second-order valence-electron chi connectivity index (χ2n) is 5.97. The van der Waals surface area contributed by atoms with Crippen LogP contribution in [0.1, 0.15) is 21.8 Å². The zero-order valence-corrected chi connectivity index (χ0v) is 15.9. The average molecular weight is 436 g/mol. The molecule has 0 aliphatic heterocycles. The number of carbonyl (C=O) groups excluding carboxylic acids is 2. The van der Waals surface area contributed by atoms with Gasteiger partial charge in [-0.25, -0.2) is 10.2 Å². The molecule has 0 atom stereocenters. The van der Waals surface area contributed by atoms with Gasteiger partial charge in [-0.2, -0.15) is 23.4 Å². The topological polar surface area (TPSA) is 108 Å². The summed E-state index contributed by atoms with van der Waals surface area (Å²) in [6.07, 6.45) is -0.927. The molecular weight excluding hydrogens is 421 g/mol. The Labute approximate surface area is 173 Å². The van der Waals surface area contributed by atoms with Crippen LogP contribution >= 0.6 is 0 Å². The predicted molar refractivity (Wildman–Crippen MR) is 99.6 cm³/mol. The molecule has 9 nitrogen and oxygen atoms in total. The Hall–Kier alpha value is -4.09. The van der Waals surface area contributed by atoms with Gasteiger partial charge in [-0.3, -0.25) is 9.48 Å². The zero-order valence-electron chi connectivity index (χ0n) is 15.9. The number of amides is 1. The van der Waals surface area contributed by atoms with E-state index < -0.39 is 30.3 Å². The first-order chi connectivity index (χ1) is 14.8. The van der Waals surface area contributed by atoms with Crippen LogP contribution in [-0.2, 0) is 17.5 Å². The molecule has 2 aromatic heterocycles. The third-order valence-corrected chi connectivity index (χ3v) is 3.75. The van der Waals surface area contributed by atoms with Crippen molar-refractivity contribution in [2.24, 2.45) is 5.10 Å². The summed E-state index contributed by atoms with van der Waals surface area (Å²) in [5, 5.41) is 7.01. The Morgan fingerprint density at radius 2 is 2.06 bits per heavy atom. The molecule has 0 aliphatic rings. The molecular formula is C19H15F3N4O5. The Bertz CT molecular complexity index is 1090. The maximum Gasteiger partial charge on any atom is 0.435 e. The van der Waals surface area contributed by atoms with Crippen LogP contribution in [0.5, 0.6) is 11.5 Å². The maximum atomic E-state index is 12.5. The maximum absolute atomic E-state index is 12.5. The summed E-state index contributed by atoms with van der Waals surface area (Å²) >= 11 is 0. The van der Waals surface area contributed by atoms with Crippen LogP contribution < -0.4 is 14.9 Å². The summed E-state index contributed by atoms with van der Waals surface area (Å²) < 4.78 is 53.8. The first kappa shape index (κ1) is 21.6. The van der Waals surface area contributed by atoms with Crippen molar-refractivity contribution in [2.45, 2.75) is 12.7 Å². The second kappa shape index (κ2) is 9.15. The first-order valence-electron chi connectivity index (χ1n) is 8.62. The van der Waals surface area contributed by atoms with Crippen molar-refractivity contribution >= 4 is 18.1 Å². The van der Waals surface area contributed by atoms with Crippen molar-refractivity contribution in [3.8, 4) is 11.5 Å². The highest BCUT2D eigenvalue weighted by atomic mass is 19.4. The molecule has 3 rings (SSSR count). The molecule has 0 spiro atoms.